The second kappa shape index (κ2) is 4.48. The number of hydrogen-bond acceptors (Lipinski definition) is 3. The molecule has 1 fully saturated rings. The molecule has 3 rings (SSSR count). The molecule has 0 amide bonds. The van der Waals surface area contributed by atoms with Gasteiger partial charge in [-0.25, -0.2) is 0 Å². The van der Waals surface area contributed by atoms with E-state index in [-0.39, 0.29) is 0 Å². The number of aromatic nitrogens is 1. The van der Waals surface area contributed by atoms with Crippen LogP contribution >= 0.6 is 23.2 Å². The number of nitrogens with zero attached hydrogens (tertiary/aromatic N) is 1. The first-order valence-corrected chi connectivity index (χ1v) is 6.60. The van der Waals surface area contributed by atoms with Crippen LogP contribution in [0.3, 0.4) is 0 Å². The van der Waals surface area contributed by atoms with Gasteiger partial charge in [0.05, 0.1) is 10.6 Å². The van der Waals surface area contributed by atoms with E-state index >= 15 is 0 Å². The van der Waals surface area contributed by atoms with E-state index in [1.807, 2.05) is 6.07 Å². The predicted octanol–water partition coefficient (Wildman–Crippen LogP) is 4.18. The van der Waals surface area contributed by atoms with Gasteiger partial charge in [-0.05, 0) is 30.9 Å². The molecule has 94 valence electrons. The fourth-order valence-corrected chi connectivity index (χ4v) is 2.55. The summed E-state index contributed by atoms with van der Waals surface area (Å²) in [5.74, 6) is 1.90. The summed E-state index contributed by atoms with van der Waals surface area (Å²) in [6, 6.07) is 5.34. The maximum Gasteiger partial charge on any atom is 0.175 e. The molecule has 3 nitrogen and oxygen atoms in total. The summed E-state index contributed by atoms with van der Waals surface area (Å²) < 4.78 is 5.32. The van der Waals surface area contributed by atoms with E-state index in [4.69, 9.17) is 33.5 Å². The highest BCUT2D eigenvalue weighted by atomic mass is 35.5. The minimum atomic E-state index is 0.384. The minimum Gasteiger partial charge on any atom is -0.380 e. The van der Waals surface area contributed by atoms with Crippen LogP contribution in [-0.2, 0) is 6.42 Å². The van der Waals surface area contributed by atoms with Crippen LogP contribution in [0.25, 0.3) is 11.1 Å². The van der Waals surface area contributed by atoms with Crippen molar-refractivity contribution in [2.45, 2.75) is 19.3 Å². The molecule has 0 saturated heterocycles. The number of anilines is 1. The lowest BCUT2D eigenvalue weighted by Gasteiger charge is -2.05. The molecule has 1 aromatic carbocycles. The van der Waals surface area contributed by atoms with Crippen molar-refractivity contribution in [3.8, 4) is 11.1 Å². The van der Waals surface area contributed by atoms with Gasteiger partial charge in [0.15, 0.2) is 5.82 Å². The lowest BCUT2D eigenvalue weighted by atomic mass is 10.0. The molecule has 1 aliphatic rings. The Bertz CT molecular complexity index is 591. The van der Waals surface area contributed by atoms with Crippen molar-refractivity contribution in [2.75, 3.05) is 5.73 Å². The second-order valence-corrected chi connectivity index (χ2v) is 5.48. The monoisotopic (exact) mass is 282 g/mol. The van der Waals surface area contributed by atoms with E-state index in [2.05, 4.69) is 5.16 Å². The number of nitrogens with two attached hydrogens (primary N) is 1. The Hall–Kier alpha value is -1.19. The normalized spacial score (nSPS) is 15.0. The number of benzene rings is 1. The Morgan fingerprint density at radius 3 is 2.78 bits per heavy atom. The highest BCUT2D eigenvalue weighted by Gasteiger charge is 2.27. The van der Waals surface area contributed by atoms with Gasteiger partial charge in [0, 0.05) is 17.0 Å². The highest BCUT2D eigenvalue weighted by Crippen LogP contribution is 2.40. The maximum absolute atomic E-state index is 6.21. The fraction of sp³-hybridized carbons (Fsp3) is 0.308. The van der Waals surface area contributed by atoms with Crippen molar-refractivity contribution in [1.82, 2.24) is 5.16 Å². The third kappa shape index (κ3) is 2.20. The Morgan fingerprint density at radius 2 is 2.11 bits per heavy atom. The van der Waals surface area contributed by atoms with Gasteiger partial charge in [-0.2, -0.15) is 0 Å². The van der Waals surface area contributed by atoms with Crippen molar-refractivity contribution in [3.05, 3.63) is 34.0 Å². The molecular weight excluding hydrogens is 271 g/mol. The first-order valence-electron chi connectivity index (χ1n) is 5.84. The largest absolute Gasteiger partial charge is 0.380 e. The molecule has 1 aromatic heterocycles. The summed E-state index contributed by atoms with van der Waals surface area (Å²) in [7, 11) is 0. The van der Waals surface area contributed by atoms with Crippen LogP contribution in [0, 0.1) is 5.92 Å². The lowest BCUT2D eigenvalue weighted by Crippen LogP contribution is -1.92. The van der Waals surface area contributed by atoms with Crippen LogP contribution in [0.1, 0.15) is 18.6 Å². The van der Waals surface area contributed by atoms with Gasteiger partial charge in [0.1, 0.15) is 5.76 Å². The number of rotatable bonds is 3. The molecular formula is C13H12Cl2N2O. The van der Waals surface area contributed by atoms with Crippen LogP contribution in [0.5, 0.6) is 0 Å². The van der Waals surface area contributed by atoms with Gasteiger partial charge >= 0.3 is 0 Å². The lowest BCUT2D eigenvalue weighted by molar-refractivity contribution is 0.381. The summed E-state index contributed by atoms with van der Waals surface area (Å²) in [4.78, 5) is 0. The van der Waals surface area contributed by atoms with Crippen LogP contribution in [0.4, 0.5) is 5.82 Å². The average molecular weight is 283 g/mol. The molecule has 0 bridgehead atoms. The van der Waals surface area contributed by atoms with E-state index < -0.39 is 0 Å². The molecule has 1 heterocycles. The van der Waals surface area contributed by atoms with Gasteiger partial charge in [-0.3, -0.25) is 0 Å². The Balaban J connectivity index is 2.06. The quantitative estimate of drug-likeness (QED) is 0.919. The number of halogens is 2. The van der Waals surface area contributed by atoms with E-state index in [0.717, 1.165) is 23.3 Å². The number of hydrogen-bond donors (Lipinski definition) is 1. The van der Waals surface area contributed by atoms with Crippen molar-refractivity contribution in [1.29, 1.82) is 0 Å². The third-order valence-corrected chi connectivity index (χ3v) is 3.71. The molecule has 2 N–H and O–H groups in total. The molecule has 0 aliphatic heterocycles. The fourth-order valence-electron chi connectivity index (χ4n) is 2.04. The van der Waals surface area contributed by atoms with Crippen molar-refractivity contribution >= 4 is 29.0 Å². The van der Waals surface area contributed by atoms with E-state index in [1.54, 1.807) is 12.1 Å². The molecule has 1 aliphatic carbocycles. The van der Waals surface area contributed by atoms with Crippen LogP contribution < -0.4 is 5.73 Å². The summed E-state index contributed by atoms with van der Waals surface area (Å²) in [5, 5.41) is 5.01. The van der Waals surface area contributed by atoms with Crippen LogP contribution in [0.2, 0.25) is 10.0 Å². The van der Waals surface area contributed by atoms with Gasteiger partial charge in [-0.1, -0.05) is 34.4 Å². The topological polar surface area (TPSA) is 52.0 Å². The molecule has 0 spiro atoms. The highest BCUT2D eigenvalue weighted by molar-refractivity contribution is 6.36. The van der Waals surface area contributed by atoms with Gasteiger partial charge < -0.3 is 10.3 Å². The van der Waals surface area contributed by atoms with E-state index in [1.165, 1.54) is 12.8 Å². The summed E-state index contributed by atoms with van der Waals surface area (Å²) in [6.07, 6.45) is 3.36. The Kier molecular flexibility index (Phi) is 2.96. The third-order valence-electron chi connectivity index (χ3n) is 3.16. The maximum atomic E-state index is 6.21. The van der Waals surface area contributed by atoms with Gasteiger partial charge in [-0.15, -0.1) is 0 Å². The molecule has 1 saturated carbocycles. The van der Waals surface area contributed by atoms with Crippen LogP contribution in [0.15, 0.2) is 22.7 Å². The molecule has 0 unspecified atom stereocenters. The smallest absolute Gasteiger partial charge is 0.175 e. The van der Waals surface area contributed by atoms with Gasteiger partial charge in [0.2, 0.25) is 0 Å². The minimum absolute atomic E-state index is 0.384. The average Bonchev–Trinajstić information content (AvgIpc) is 3.06. The molecule has 0 atom stereocenters. The Morgan fingerprint density at radius 1 is 1.33 bits per heavy atom. The first-order chi connectivity index (χ1) is 8.65. The van der Waals surface area contributed by atoms with E-state index in [0.29, 0.717) is 21.8 Å². The first kappa shape index (κ1) is 11.9. The Labute approximate surface area is 115 Å². The SMILES string of the molecule is Nc1noc(CC2CC2)c1-c1ccc(Cl)cc1Cl. The van der Waals surface area contributed by atoms with E-state index in [9.17, 15) is 0 Å². The van der Waals surface area contributed by atoms with Crippen molar-refractivity contribution in [2.24, 2.45) is 5.92 Å². The predicted molar refractivity (Wildman–Crippen MR) is 72.8 cm³/mol. The standard InChI is InChI=1S/C13H12Cl2N2O/c14-8-3-4-9(10(15)6-8)12-11(5-7-1-2-7)18-17-13(12)16/h3-4,6-7H,1-2,5H2,(H2,16,17). The molecule has 5 heteroatoms. The zero-order valence-electron chi connectivity index (χ0n) is 9.62. The molecule has 2 aromatic rings. The zero-order chi connectivity index (χ0) is 12.7. The zero-order valence-corrected chi connectivity index (χ0v) is 11.1. The molecule has 0 radical (unpaired) electrons. The summed E-state index contributed by atoms with van der Waals surface area (Å²) >= 11 is 12.1. The summed E-state index contributed by atoms with van der Waals surface area (Å²) in [6.45, 7) is 0. The van der Waals surface area contributed by atoms with Crippen molar-refractivity contribution < 1.29 is 4.52 Å². The van der Waals surface area contributed by atoms with Crippen molar-refractivity contribution in [3.63, 3.8) is 0 Å². The second-order valence-electron chi connectivity index (χ2n) is 4.64. The molecule has 18 heavy (non-hydrogen) atoms. The summed E-state index contributed by atoms with van der Waals surface area (Å²) in [5.41, 5.74) is 7.52. The number of nitrogen functional groups attached to an aromatic ring is 1. The van der Waals surface area contributed by atoms with Crippen LogP contribution in [-0.4, -0.2) is 5.16 Å². The van der Waals surface area contributed by atoms with Gasteiger partial charge in [0.25, 0.3) is 0 Å².